The summed E-state index contributed by atoms with van der Waals surface area (Å²) in [6.45, 7) is 4.97. The van der Waals surface area contributed by atoms with Crippen LogP contribution in [0.1, 0.15) is 43.1 Å². The van der Waals surface area contributed by atoms with Gasteiger partial charge in [-0.1, -0.05) is 54.6 Å². The van der Waals surface area contributed by atoms with E-state index in [9.17, 15) is 19.8 Å². The van der Waals surface area contributed by atoms with Gasteiger partial charge in [-0.05, 0) is 11.1 Å². The standard InChI is InChI=1S/C28H25N3O4.ClH/c32-25-19-8-4-5-9-20(19)26(33)23-22(25)27(34)21-18(14-29-24(21)28(23)35)16-31-12-10-30(11-13-31)15-17-6-2-1-3-7-17;/h1-9,14,29,32-33H,10-13,15-16H2;1H. The number of benzene rings is 3. The van der Waals surface area contributed by atoms with Gasteiger partial charge in [0.15, 0.2) is 5.78 Å². The molecule has 0 radical (unpaired) electrons. The number of hydrogen-bond donors (Lipinski definition) is 3. The van der Waals surface area contributed by atoms with Crippen LogP contribution in [0.25, 0.3) is 10.8 Å². The lowest BCUT2D eigenvalue weighted by atomic mass is 9.83. The topological polar surface area (TPSA) is 96.9 Å². The Morgan fingerprint density at radius 2 is 1.22 bits per heavy atom. The van der Waals surface area contributed by atoms with Crippen LogP contribution in [0.15, 0.2) is 60.8 Å². The number of nitrogens with zero attached hydrogens (tertiary/aromatic N) is 2. The molecule has 4 aromatic rings. The highest BCUT2D eigenvalue weighted by atomic mass is 35.5. The number of fused-ring (bicyclic) bond motifs is 3. The third-order valence-corrected chi connectivity index (χ3v) is 7.14. The maximum atomic E-state index is 13.6. The minimum atomic E-state index is -0.480. The van der Waals surface area contributed by atoms with Crippen molar-refractivity contribution in [3.05, 3.63) is 94.3 Å². The molecule has 0 unspecified atom stereocenters. The number of aromatic amines is 1. The van der Waals surface area contributed by atoms with Gasteiger partial charge in [-0.2, -0.15) is 0 Å². The molecule has 0 amide bonds. The fourth-order valence-electron chi connectivity index (χ4n) is 5.31. The molecule has 7 nitrogen and oxygen atoms in total. The van der Waals surface area contributed by atoms with E-state index in [4.69, 9.17) is 0 Å². The second kappa shape index (κ2) is 9.43. The lowest BCUT2D eigenvalue weighted by molar-refractivity contribution is 0.0969. The van der Waals surface area contributed by atoms with E-state index in [0.717, 1.165) is 38.3 Å². The minimum absolute atomic E-state index is 0. The zero-order valence-electron chi connectivity index (χ0n) is 19.5. The summed E-state index contributed by atoms with van der Waals surface area (Å²) >= 11 is 0. The van der Waals surface area contributed by atoms with Crippen LogP contribution in [0.2, 0.25) is 0 Å². The molecule has 2 aliphatic rings. The average Bonchev–Trinajstić information content (AvgIpc) is 3.31. The molecule has 2 heterocycles. The average molecular weight is 504 g/mol. The predicted octanol–water partition coefficient (Wildman–Crippen LogP) is 4.09. The third-order valence-electron chi connectivity index (χ3n) is 7.14. The number of phenols is 2. The van der Waals surface area contributed by atoms with Crippen LogP contribution < -0.4 is 0 Å². The summed E-state index contributed by atoms with van der Waals surface area (Å²) in [6.07, 6.45) is 1.70. The van der Waals surface area contributed by atoms with E-state index >= 15 is 0 Å². The van der Waals surface area contributed by atoms with Gasteiger partial charge in [0.25, 0.3) is 0 Å². The van der Waals surface area contributed by atoms with Crippen LogP contribution in [0.5, 0.6) is 11.5 Å². The van der Waals surface area contributed by atoms with E-state index in [1.165, 1.54) is 5.56 Å². The molecule has 0 spiro atoms. The summed E-state index contributed by atoms with van der Waals surface area (Å²) in [6, 6.07) is 17.1. The number of halogens is 1. The van der Waals surface area contributed by atoms with Crippen molar-refractivity contribution in [3.8, 4) is 11.5 Å². The van der Waals surface area contributed by atoms with E-state index in [2.05, 4.69) is 39.0 Å². The summed E-state index contributed by atoms with van der Waals surface area (Å²) in [5.74, 6) is -1.46. The Labute approximate surface area is 214 Å². The quantitative estimate of drug-likeness (QED) is 0.320. The predicted molar refractivity (Wildman–Crippen MR) is 139 cm³/mol. The molecule has 1 aliphatic heterocycles. The van der Waals surface area contributed by atoms with Gasteiger partial charge in [0.1, 0.15) is 11.5 Å². The van der Waals surface area contributed by atoms with Crippen LogP contribution in [0, 0.1) is 0 Å². The summed E-state index contributed by atoms with van der Waals surface area (Å²) in [4.78, 5) is 34.6. The molecule has 8 heteroatoms. The van der Waals surface area contributed by atoms with E-state index in [0.29, 0.717) is 22.9 Å². The van der Waals surface area contributed by atoms with Gasteiger partial charge in [-0.25, -0.2) is 0 Å². The number of nitrogens with one attached hydrogen (secondary N) is 1. The first-order valence-corrected chi connectivity index (χ1v) is 11.8. The number of carbonyl (C=O) groups is 2. The van der Waals surface area contributed by atoms with Crippen LogP contribution in [-0.4, -0.2) is 62.7 Å². The maximum Gasteiger partial charge on any atom is 0.214 e. The zero-order chi connectivity index (χ0) is 24.1. The highest BCUT2D eigenvalue weighted by Crippen LogP contribution is 2.44. The molecular weight excluding hydrogens is 478 g/mol. The van der Waals surface area contributed by atoms with E-state index in [-0.39, 0.29) is 40.7 Å². The molecule has 1 fully saturated rings. The fourth-order valence-corrected chi connectivity index (χ4v) is 5.31. The molecule has 1 aromatic heterocycles. The van der Waals surface area contributed by atoms with Crippen LogP contribution in [-0.2, 0) is 13.1 Å². The smallest absolute Gasteiger partial charge is 0.214 e. The molecule has 0 saturated carbocycles. The molecule has 0 bridgehead atoms. The highest BCUT2D eigenvalue weighted by Gasteiger charge is 2.39. The third kappa shape index (κ3) is 3.86. The SMILES string of the molecule is Cl.O=C1c2[nH]cc(CN3CCN(Cc4ccccc4)CC3)c2C(=O)c2c1c(O)c1ccccc1c2O. The maximum absolute atomic E-state index is 13.6. The van der Waals surface area contributed by atoms with Crippen LogP contribution in [0.4, 0.5) is 0 Å². The number of H-pyrrole nitrogens is 1. The first kappa shape index (κ1) is 24.1. The van der Waals surface area contributed by atoms with Crippen molar-refractivity contribution in [2.45, 2.75) is 13.1 Å². The van der Waals surface area contributed by atoms with Gasteiger partial charge in [-0.15, -0.1) is 12.4 Å². The summed E-state index contributed by atoms with van der Waals surface area (Å²) in [5, 5.41) is 22.4. The van der Waals surface area contributed by atoms with Crippen LogP contribution in [0.3, 0.4) is 0 Å². The Bertz CT molecular complexity index is 1470. The fraction of sp³-hybridized carbons (Fsp3) is 0.214. The summed E-state index contributed by atoms with van der Waals surface area (Å²) in [5.41, 5.74) is 2.23. The van der Waals surface area contributed by atoms with Gasteiger partial charge < -0.3 is 15.2 Å². The number of phenolic OH excluding ortho intramolecular Hbond substituents is 2. The number of aromatic hydroxyl groups is 2. The molecule has 1 aliphatic carbocycles. The summed E-state index contributed by atoms with van der Waals surface area (Å²) < 4.78 is 0. The molecule has 3 N–H and O–H groups in total. The van der Waals surface area contributed by atoms with Crippen molar-refractivity contribution >= 4 is 34.7 Å². The van der Waals surface area contributed by atoms with Gasteiger partial charge >= 0.3 is 0 Å². The normalized spacial score (nSPS) is 16.0. The lowest BCUT2D eigenvalue weighted by Crippen LogP contribution is -2.45. The number of rotatable bonds is 4. The Hall–Kier alpha value is -3.65. The minimum Gasteiger partial charge on any atom is -0.506 e. The molecule has 6 rings (SSSR count). The number of ketones is 2. The van der Waals surface area contributed by atoms with E-state index in [1.807, 2.05) is 6.07 Å². The van der Waals surface area contributed by atoms with E-state index < -0.39 is 11.6 Å². The largest absolute Gasteiger partial charge is 0.506 e. The van der Waals surface area contributed by atoms with Gasteiger partial charge in [0, 0.05) is 56.2 Å². The monoisotopic (exact) mass is 503 g/mol. The van der Waals surface area contributed by atoms with Crippen molar-refractivity contribution in [1.82, 2.24) is 14.8 Å². The van der Waals surface area contributed by atoms with Gasteiger partial charge in [-0.3, -0.25) is 19.4 Å². The second-order valence-corrected chi connectivity index (χ2v) is 9.25. The number of hydrogen-bond acceptors (Lipinski definition) is 6. The van der Waals surface area contributed by atoms with Crippen molar-refractivity contribution < 1.29 is 19.8 Å². The Morgan fingerprint density at radius 1 is 0.694 bits per heavy atom. The molecule has 184 valence electrons. The first-order valence-electron chi connectivity index (χ1n) is 11.8. The first-order chi connectivity index (χ1) is 17.0. The Kier molecular flexibility index (Phi) is 6.30. The van der Waals surface area contributed by atoms with Crippen molar-refractivity contribution in [2.75, 3.05) is 26.2 Å². The van der Waals surface area contributed by atoms with Crippen molar-refractivity contribution in [3.63, 3.8) is 0 Å². The molecule has 3 aromatic carbocycles. The van der Waals surface area contributed by atoms with Crippen molar-refractivity contribution in [2.24, 2.45) is 0 Å². The highest BCUT2D eigenvalue weighted by molar-refractivity contribution is 6.32. The molecule has 36 heavy (non-hydrogen) atoms. The van der Waals surface area contributed by atoms with Crippen molar-refractivity contribution in [1.29, 1.82) is 0 Å². The molecule has 0 atom stereocenters. The number of carbonyl (C=O) groups excluding carboxylic acids is 2. The Morgan fingerprint density at radius 3 is 1.83 bits per heavy atom. The van der Waals surface area contributed by atoms with E-state index in [1.54, 1.807) is 30.5 Å². The second-order valence-electron chi connectivity index (χ2n) is 9.25. The van der Waals surface area contributed by atoms with Gasteiger partial charge in [0.2, 0.25) is 5.78 Å². The Balaban J connectivity index is 0.00000267. The molecular formula is C28H26ClN3O4. The van der Waals surface area contributed by atoms with Crippen LogP contribution >= 0.6 is 12.4 Å². The number of aromatic nitrogens is 1. The summed E-state index contributed by atoms with van der Waals surface area (Å²) in [7, 11) is 0. The molecule has 1 saturated heterocycles. The lowest BCUT2D eigenvalue weighted by Gasteiger charge is -2.34. The van der Waals surface area contributed by atoms with Gasteiger partial charge in [0.05, 0.1) is 22.4 Å². The number of piperazine rings is 1. The zero-order valence-corrected chi connectivity index (χ0v) is 20.3.